The van der Waals surface area contributed by atoms with Crippen molar-refractivity contribution in [1.82, 2.24) is 14.6 Å². The van der Waals surface area contributed by atoms with Crippen LogP contribution in [0.1, 0.15) is 24.1 Å². The van der Waals surface area contributed by atoms with Gasteiger partial charge in [-0.1, -0.05) is 0 Å². The van der Waals surface area contributed by atoms with Crippen LogP contribution in [0.4, 0.5) is 13.2 Å². The predicted octanol–water partition coefficient (Wildman–Crippen LogP) is 3.37. The van der Waals surface area contributed by atoms with E-state index >= 15 is 0 Å². The van der Waals surface area contributed by atoms with Crippen molar-refractivity contribution >= 4 is 30.8 Å². The van der Waals surface area contributed by atoms with Gasteiger partial charge in [0, 0.05) is 29.7 Å². The summed E-state index contributed by atoms with van der Waals surface area (Å²) in [6.45, 7) is 2.90. The number of rotatable bonds is 5. The monoisotopic (exact) mass is 515 g/mol. The van der Waals surface area contributed by atoms with Crippen molar-refractivity contribution in [2.75, 3.05) is 13.1 Å². The van der Waals surface area contributed by atoms with Crippen LogP contribution in [0.5, 0.6) is 0 Å². The SMILES string of the molecule is Cc1cc2cc(S(=O)(=O)c3ccc(C(F)(F)F)c(S(=O)(=O)NC4CCNCC4)c3)ccc2n1C. The lowest BCUT2D eigenvalue weighted by molar-refractivity contribution is -0.139. The van der Waals surface area contributed by atoms with Crippen LogP contribution in [0.3, 0.4) is 0 Å². The summed E-state index contributed by atoms with van der Waals surface area (Å²) in [4.78, 5) is -1.77. The van der Waals surface area contributed by atoms with E-state index in [1.807, 2.05) is 18.5 Å². The fourth-order valence-electron chi connectivity index (χ4n) is 4.12. The van der Waals surface area contributed by atoms with Crippen LogP contribution >= 0.6 is 0 Å². The van der Waals surface area contributed by atoms with Crippen LogP contribution < -0.4 is 10.0 Å². The molecule has 7 nitrogen and oxygen atoms in total. The van der Waals surface area contributed by atoms with Crippen LogP contribution in [0.2, 0.25) is 0 Å². The minimum Gasteiger partial charge on any atom is -0.348 e. The molecular weight excluding hydrogens is 491 g/mol. The summed E-state index contributed by atoms with van der Waals surface area (Å²) >= 11 is 0. The Morgan fingerprint density at radius 3 is 2.24 bits per heavy atom. The van der Waals surface area contributed by atoms with E-state index in [0.29, 0.717) is 43.5 Å². The second kappa shape index (κ2) is 8.67. The van der Waals surface area contributed by atoms with Crippen LogP contribution in [-0.2, 0) is 33.1 Å². The molecule has 0 spiro atoms. The van der Waals surface area contributed by atoms with E-state index in [9.17, 15) is 30.0 Å². The Bertz CT molecular complexity index is 1460. The summed E-state index contributed by atoms with van der Waals surface area (Å²) in [7, 11) is -7.10. The number of fused-ring (bicyclic) bond motifs is 1. The Morgan fingerprint density at radius 1 is 0.971 bits per heavy atom. The molecule has 34 heavy (non-hydrogen) atoms. The molecule has 0 bridgehead atoms. The third-order valence-corrected chi connectivity index (χ3v) is 9.39. The van der Waals surface area contributed by atoms with Gasteiger partial charge in [0.05, 0.1) is 20.2 Å². The van der Waals surface area contributed by atoms with Gasteiger partial charge in [0.2, 0.25) is 19.9 Å². The lowest BCUT2D eigenvalue weighted by Gasteiger charge is -2.24. The molecule has 1 saturated heterocycles. The molecule has 1 aliphatic heterocycles. The molecule has 2 N–H and O–H groups in total. The van der Waals surface area contributed by atoms with Gasteiger partial charge in [-0.15, -0.1) is 0 Å². The summed E-state index contributed by atoms with van der Waals surface area (Å²) in [5.74, 6) is 0. The maximum absolute atomic E-state index is 13.7. The van der Waals surface area contributed by atoms with Gasteiger partial charge in [0.15, 0.2) is 0 Å². The third kappa shape index (κ3) is 4.59. The number of aromatic nitrogens is 1. The van der Waals surface area contributed by atoms with E-state index in [-0.39, 0.29) is 4.90 Å². The van der Waals surface area contributed by atoms with E-state index in [4.69, 9.17) is 0 Å². The number of nitrogens with zero attached hydrogens (tertiary/aromatic N) is 1. The summed E-state index contributed by atoms with van der Waals surface area (Å²) in [6.07, 6.45) is -4.16. The average Bonchev–Trinajstić information content (AvgIpc) is 3.06. The Balaban J connectivity index is 1.81. The normalized spacial score (nSPS) is 16.3. The average molecular weight is 516 g/mol. The molecule has 184 valence electrons. The number of benzene rings is 2. The van der Waals surface area contributed by atoms with E-state index in [2.05, 4.69) is 10.0 Å². The van der Waals surface area contributed by atoms with Crippen LogP contribution in [0.25, 0.3) is 10.9 Å². The fraction of sp³-hybridized carbons (Fsp3) is 0.364. The van der Waals surface area contributed by atoms with E-state index in [1.54, 1.807) is 12.1 Å². The fourth-order valence-corrected chi connectivity index (χ4v) is 7.07. The van der Waals surface area contributed by atoms with Gasteiger partial charge in [-0.25, -0.2) is 21.6 Å². The highest BCUT2D eigenvalue weighted by Gasteiger charge is 2.39. The Morgan fingerprint density at radius 2 is 1.59 bits per heavy atom. The number of hydrogen-bond donors (Lipinski definition) is 2. The second-order valence-corrected chi connectivity index (χ2v) is 12.0. The molecular formula is C22H24F3N3O4S2. The molecule has 1 aromatic heterocycles. The zero-order valence-electron chi connectivity index (χ0n) is 18.5. The summed E-state index contributed by atoms with van der Waals surface area (Å²) < 4.78 is 97.7. The molecule has 0 radical (unpaired) electrons. The zero-order valence-corrected chi connectivity index (χ0v) is 20.1. The molecule has 4 rings (SSSR count). The highest BCUT2D eigenvalue weighted by atomic mass is 32.2. The van der Waals surface area contributed by atoms with Gasteiger partial charge in [0.25, 0.3) is 0 Å². The van der Waals surface area contributed by atoms with Crippen LogP contribution in [0, 0.1) is 6.92 Å². The summed E-state index contributed by atoms with van der Waals surface area (Å²) in [5, 5.41) is 3.69. The molecule has 3 aromatic rings. The van der Waals surface area contributed by atoms with Crippen LogP contribution in [-0.4, -0.2) is 40.5 Å². The lowest BCUT2D eigenvalue weighted by atomic mass is 10.1. The largest absolute Gasteiger partial charge is 0.417 e. The summed E-state index contributed by atoms with van der Waals surface area (Å²) in [5.41, 5.74) is 0.275. The molecule has 0 unspecified atom stereocenters. The Labute approximate surface area is 195 Å². The molecule has 0 atom stereocenters. The molecule has 1 aliphatic rings. The first-order chi connectivity index (χ1) is 15.8. The smallest absolute Gasteiger partial charge is 0.348 e. The maximum atomic E-state index is 13.7. The molecule has 2 aromatic carbocycles. The molecule has 0 aliphatic carbocycles. The minimum atomic E-state index is -4.99. The molecule has 0 saturated carbocycles. The molecule has 2 heterocycles. The van der Waals surface area contributed by atoms with Crippen molar-refractivity contribution in [3.63, 3.8) is 0 Å². The van der Waals surface area contributed by atoms with Gasteiger partial charge >= 0.3 is 6.18 Å². The van der Waals surface area contributed by atoms with Gasteiger partial charge in [-0.3, -0.25) is 0 Å². The van der Waals surface area contributed by atoms with E-state index < -0.39 is 47.4 Å². The second-order valence-electron chi connectivity index (χ2n) is 8.37. The quantitative estimate of drug-likeness (QED) is 0.543. The van der Waals surface area contributed by atoms with Crippen LogP contribution in [0.15, 0.2) is 57.2 Å². The van der Waals surface area contributed by atoms with Crippen molar-refractivity contribution in [2.45, 2.75) is 46.7 Å². The number of nitrogens with one attached hydrogen (secondary N) is 2. The third-order valence-electron chi connectivity index (χ3n) is 6.08. The number of sulfonamides is 1. The van der Waals surface area contributed by atoms with Crippen molar-refractivity contribution in [3.05, 3.63) is 53.7 Å². The Hall–Kier alpha value is -2.41. The van der Waals surface area contributed by atoms with E-state index in [1.165, 1.54) is 12.1 Å². The number of alkyl halides is 3. The van der Waals surface area contributed by atoms with Gasteiger partial charge < -0.3 is 9.88 Å². The number of aryl methyl sites for hydroxylation is 2. The molecule has 12 heteroatoms. The van der Waals surface area contributed by atoms with Gasteiger partial charge in [0.1, 0.15) is 0 Å². The highest BCUT2D eigenvalue weighted by Crippen LogP contribution is 2.37. The summed E-state index contributed by atoms with van der Waals surface area (Å²) in [6, 6.07) is 7.54. The van der Waals surface area contributed by atoms with E-state index in [0.717, 1.165) is 17.3 Å². The van der Waals surface area contributed by atoms with Gasteiger partial charge in [-0.2, -0.15) is 13.2 Å². The van der Waals surface area contributed by atoms with Crippen molar-refractivity contribution in [2.24, 2.45) is 7.05 Å². The van der Waals surface area contributed by atoms with Crippen molar-refractivity contribution in [1.29, 1.82) is 0 Å². The first-order valence-corrected chi connectivity index (χ1v) is 13.5. The highest BCUT2D eigenvalue weighted by molar-refractivity contribution is 7.91. The molecule has 1 fully saturated rings. The number of halogens is 3. The zero-order chi connectivity index (χ0) is 24.9. The molecule has 0 amide bonds. The van der Waals surface area contributed by atoms with Crippen molar-refractivity contribution < 1.29 is 30.0 Å². The number of piperidine rings is 1. The lowest BCUT2D eigenvalue weighted by Crippen LogP contribution is -2.43. The first-order valence-electron chi connectivity index (χ1n) is 10.6. The number of hydrogen-bond acceptors (Lipinski definition) is 5. The standard InChI is InChI=1S/C22H24F3N3O4S2/c1-14-11-15-12-17(4-6-20(15)28(14)2)33(29,30)18-3-5-19(22(23,24)25)21(13-18)34(31,32)27-16-7-9-26-10-8-16/h3-6,11-13,16,26-27H,7-10H2,1-2H3. The predicted molar refractivity (Wildman–Crippen MR) is 121 cm³/mol. The first kappa shape index (κ1) is 24.7. The Kier molecular flexibility index (Phi) is 6.30. The minimum absolute atomic E-state index is 0.139. The maximum Gasteiger partial charge on any atom is 0.417 e. The van der Waals surface area contributed by atoms with Gasteiger partial charge in [-0.05, 0) is 75.3 Å². The topological polar surface area (TPSA) is 97.3 Å². The number of sulfone groups is 1. The van der Waals surface area contributed by atoms with Crippen molar-refractivity contribution in [3.8, 4) is 0 Å².